The van der Waals surface area contributed by atoms with Crippen LogP contribution in [0.1, 0.15) is 0 Å². The Morgan fingerprint density at radius 3 is 1.20 bits per heavy atom. The van der Waals surface area contributed by atoms with E-state index in [4.69, 9.17) is 0 Å². The first-order valence-corrected chi connectivity index (χ1v) is 19.8. The number of hydrogen-bond donors (Lipinski definition) is 0. The Kier molecular flexibility index (Phi) is 7.68. The number of para-hydroxylation sites is 4. The second-order valence-corrected chi connectivity index (χ2v) is 15.3. The maximum atomic E-state index is 2.41. The molecule has 0 saturated heterocycles. The van der Waals surface area contributed by atoms with E-state index in [1.165, 1.54) is 64.5 Å². The van der Waals surface area contributed by atoms with Gasteiger partial charge in [0.15, 0.2) is 0 Å². The molecule has 4 heteroatoms. The molecule has 0 amide bonds. The number of rotatable bonds is 7. The van der Waals surface area contributed by atoms with Crippen molar-refractivity contribution in [1.82, 2.24) is 9.13 Å². The zero-order valence-corrected chi connectivity index (χ0v) is 31.3. The molecule has 0 fully saturated rings. The second kappa shape index (κ2) is 13.3. The van der Waals surface area contributed by atoms with Gasteiger partial charge < -0.3 is 14.0 Å². The van der Waals surface area contributed by atoms with Crippen molar-refractivity contribution in [1.29, 1.82) is 0 Å². The van der Waals surface area contributed by atoms with Gasteiger partial charge >= 0.3 is 0 Å². The van der Waals surface area contributed by atoms with E-state index < -0.39 is 0 Å². The Morgan fingerprint density at radius 2 is 0.696 bits per heavy atom. The summed E-state index contributed by atoms with van der Waals surface area (Å²) in [4.78, 5) is 4.94. The van der Waals surface area contributed by atoms with Crippen LogP contribution in [-0.4, -0.2) is 9.13 Å². The van der Waals surface area contributed by atoms with Crippen LogP contribution in [0.5, 0.6) is 0 Å². The summed E-state index contributed by atoms with van der Waals surface area (Å²) < 4.78 is 4.76. The molecule has 3 nitrogen and oxygen atoms in total. The highest BCUT2D eigenvalue weighted by molar-refractivity contribution is 7.18. The smallest absolute Gasteiger partial charge is 0.0542 e. The molecule has 0 spiro atoms. The predicted molar refractivity (Wildman–Crippen MR) is 239 cm³/mol. The number of hydrogen-bond acceptors (Lipinski definition) is 2. The second-order valence-electron chi connectivity index (χ2n) is 14.2. The minimum absolute atomic E-state index is 1.10. The molecule has 11 rings (SSSR count). The zero-order chi connectivity index (χ0) is 37.0. The molecule has 0 aliphatic carbocycles. The first-order chi connectivity index (χ1) is 27.8. The van der Waals surface area contributed by atoms with Gasteiger partial charge in [-0.05, 0) is 108 Å². The average Bonchev–Trinajstić information content (AvgIpc) is 3.98. The van der Waals surface area contributed by atoms with Crippen molar-refractivity contribution in [3.05, 3.63) is 212 Å². The van der Waals surface area contributed by atoms with E-state index >= 15 is 0 Å². The molecule has 0 radical (unpaired) electrons. The normalized spacial score (nSPS) is 11.6. The molecule has 0 aliphatic rings. The highest BCUT2D eigenvalue weighted by atomic mass is 32.1. The molecule has 3 heterocycles. The van der Waals surface area contributed by atoms with Gasteiger partial charge in [-0.1, -0.05) is 115 Å². The molecular weight excluding hydrogens is 699 g/mol. The highest BCUT2D eigenvalue weighted by Gasteiger charge is 2.20. The Hall–Kier alpha value is -7.14. The van der Waals surface area contributed by atoms with E-state index in [9.17, 15) is 0 Å². The quantitative estimate of drug-likeness (QED) is 0.159. The van der Waals surface area contributed by atoms with Crippen molar-refractivity contribution >= 4 is 72.0 Å². The molecule has 0 bridgehead atoms. The van der Waals surface area contributed by atoms with E-state index in [0.29, 0.717) is 0 Å². The fourth-order valence-electron chi connectivity index (χ4n) is 8.38. The lowest BCUT2D eigenvalue weighted by molar-refractivity contribution is 1.18. The van der Waals surface area contributed by atoms with Gasteiger partial charge in [-0.15, -0.1) is 11.3 Å². The molecule has 0 aliphatic heterocycles. The van der Waals surface area contributed by atoms with E-state index in [2.05, 4.69) is 226 Å². The Balaban J connectivity index is 1.10. The minimum Gasteiger partial charge on any atom is -0.310 e. The van der Waals surface area contributed by atoms with Crippen LogP contribution in [0.15, 0.2) is 212 Å². The summed E-state index contributed by atoms with van der Waals surface area (Å²) in [6.07, 6.45) is 0. The van der Waals surface area contributed by atoms with Gasteiger partial charge in [0.25, 0.3) is 0 Å². The fourth-order valence-corrected chi connectivity index (χ4v) is 9.40. The van der Waals surface area contributed by atoms with Crippen LogP contribution in [0.25, 0.3) is 75.9 Å². The number of aromatic nitrogens is 2. The van der Waals surface area contributed by atoms with Crippen molar-refractivity contribution in [2.45, 2.75) is 0 Å². The molecule has 8 aromatic carbocycles. The summed E-state index contributed by atoms with van der Waals surface area (Å²) in [7, 11) is 0. The van der Waals surface area contributed by atoms with Gasteiger partial charge in [-0.2, -0.15) is 0 Å². The summed E-state index contributed by atoms with van der Waals surface area (Å²) in [5.74, 6) is 0. The lowest BCUT2D eigenvalue weighted by Crippen LogP contribution is -2.10. The standard InChI is InChI=1S/C52H35N3S/c1-4-14-36(15-5-1)51-32-33-52(56-51)37-24-26-40(27-25-37)53(41-28-30-49-45(34-41)43-20-10-12-22-47(43)54(49)38-16-6-2-7-17-38)42-29-31-50-46(35-42)44-21-11-13-23-48(44)55(50)39-18-8-3-9-19-39/h1-35H. The van der Waals surface area contributed by atoms with Crippen molar-refractivity contribution in [3.8, 4) is 32.3 Å². The highest BCUT2D eigenvalue weighted by Crippen LogP contribution is 2.43. The molecule has 0 saturated carbocycles. The zero-order valence-electron chi connectivity index (χ0n) is 30.5. The van der Waals surface area contributed by atoms with Crippen LogP contribution in [0.4, 0.5) is 17.1 Å². The molecule has 0 atom stereocenters. The molecule has 0 N–H and O–H groups in total. The SMILES string of the molecule is c1ccc(-c2ccc(-c3ccc(N(c4ccc5c(c4)c4ccccc4n5-c4ccccc4)c4ccc5c(c4)c4ccccc4n5-c4ccccc4)cc3)s2)cc1. The maximum absolute atomic E-state index is 2.41. The molecular formula is C52H35N3S. The van der Waals surface area contributed by atoms with Crippen LogP contribution in [0.3, 0.4) is 0 Å². The van der Waals surface area contributed by atoms with E-state index in [-0.39, 0.29) is 0 Å². The van der Waals surface area contributed by atoms with Gasteiger partial charge in [0.2, 0.25) is 0 Å². The van der Waals surface area contributed by atoms with Gasteiger partial charge in [0.1, 0.15) is 0 Å². The first-order valence-electron chi connectivity index (χ1n) is 19.0. The van der Waals surface area contributed by atoms with Crippen LogP contribution in [0.2, 0.25) is 0 Å². The summed E-state index contributed by atoms with van der Waals surface area (Å²) in [6.45, 7) is 0. The number of fused-ring (bicyclic) bond motifs is 6. The van der Waals surface area contributed by atoms with Crippen molar-refractivity contribution in [3.63, 3.8) is 0 Å². The average molecular weight is 734 g/mol. The predicted octanol–water partition coefficient (Wildman–Crippen LogP) is 14.7. The van der Waals surface area contributed by atoms with Crippen LogP contribution >= 0.6 is 11.3 Å². The lowest BCUT2D eigenvalue weighted by atomic mass is 10.1. The largest absolute Gasteiger partial charge is 0.310 e. The maximum Gasteiger partial charge on any atom is 0.0542 e. The van der Waals surface area contributed by atoms with Crippen molar-refractivity contribution in [2.75, 3.05) is 4.90 Å². The fraction of sp³-hybridized carbons (Fsp3) is 0. The van der Waals surface area contributed by atoms with Gasteiger partial charge in [-0.25, -0.2) is 0 Å². The third kappa shape index (κ3) is 5.34. The summed E-state index contributed by atoms with van der Waals surface area (Å²) in [5, 5.41) is 4.91. The number of nitrogens with zero attached hydrogens (tertiary/aromatic N) is 3. The molecule has 11 aromatic rings. The lowest BCUT2D eigenvalue weighted by Gasteiger charge is -2.26. The molecule has 0 unspecified atom stereocenters. The summed E-state index contributed by atoms with van der Waals surface area (Å²) in [5.41, 5.74) is 12.9. The van der Waals surface area contributed by atoms with E-state index in [1.807, 2.05) is 11.3 Å². The van der Waals surface area contributed by atoms with E-state index in [1.54, 1.807) is 0 Å². The summed E-state index contributed by atoms with van der Waals surface area (Å²) >= 11 is 1.83. The third-order valence-electron chi connectivity index (χ3n) is 10.9. The van der Waals surface area contributed by atoms with Crippen LogP contribution in [-0.2, 0) is 0 Å². The molecule has 3 aromatic heterocycles. The van der Waals surface area contributed by atoms with Crippen molar-refractivity contribution < 1.29 is 0 Å². The van der Waals surface area contributed by atoms with E-state index in [0.717, 1.165) is 28.4 Å². The number of anilines is 3. The minimum atomic E-state index is 1.10. The van der Waals surface area contributed by atoms with Crippen molar-refractivity contribution in [2.24, 2.45) is 0 Å². The molecule has 56 heavy (non-hydrogen) atoms. The Labute approximate surface area is 329 Å². The Morgan fingerprint density at radius 1 is 0.304 bits per heavy atom. The number of benzene rings is 8. The van der Waals surface area contributed by atoms with Crippen LogP contribution < -0.4 is 4.90 Å². The topological polar surface area (TPSA) is 13.1 Å². The van der Waals surface area contributed by atoms with Crippen LogP contribution in [0, 0.1) is 0 Å². The van der Waals surface area contributed by atoms with Gasteiger partial charge in [0.05, 0.1) is 22.1 Å². The van der Waals surface area contributed by atoms with Gasteiger partial charge in [-0.3, -0.25) is 0 Å². The third-order valence-corrected chi connectivity index (χ3v) is 12.1. The Bertz CT molecular complexity index is 3020. The molecule has 264 valence electrons. The monoisotopic (exact) mass is 733 g/mol. The van der Waals surface area contributed by atoms with Gasteiger partial charge in [0, 0.05) is 59.7 Å². The number of thiophene rings is 1. The summed E-state index contributed by atoms with van der Waals surface area (Å²) in [6, 6.07) is 76.9. The first kappa shape index (κ1) is 32.3.